The summed E-state index contributed by atoms with van der Waals surface area (Å²) in [6, 6.07) is 2.94. The Morgan fingerprint density at radius 3 is 2.65 bits per heavy atom. The van der Waals surface area contributed by atoms with Crippen LogP contribution in [0.5, 0.6) is 5.75 Å². The summed E-state index contributed by atoms with van der Waals surface area (Å²) < 4.78 is 36.0. The van der Waals surface area contributed by atoms with E-state index in [4.69, 9.17) is 9.47 Å². The average Bonchev–Trinajstić information content (AvgIpc) is 2.78. The van der Waals surface area contributed by atoms with E-state index in [2.05, 4.69) is 0 Å². The first-order valence-corrected chi connectivity index (χ1v) is 5.50. The Labute approximate surface area is 98.0 Å². The van der Waals surface area contributed by atoms with Crippen LogP contribution in [0.15, 0.2) is 18.2 Å². The number of hydrogen-bond donors (Lipinski definition) is 1. The molecule has 5 heteroatoms. The van der Waals surface area contributed by atoms with Gasteiger partial charge in [0.15, 0.2) is 0 Å². The molecule has 2 unspecified atom stereocenters. The van der Waals surface area contributed by atoms with Gasteiger partial charge in [-0.1, -0.05) is 0 Å². The van der Waals surface area contributed by atoms with Gasteiger partial charge in [0.2, 0.25) is 0 Å². The van der Waals surface area contributed by atoms with Crippen molar-refractivity contribution < 1.29 is 23.4 Å². The van der Waals surface area contributed by atoms with E-state index in [0.717, 1.165) is 24.6 Å². The minimum absolute atomic E-state index is 0.0108. The van der Waals surface area contributed by atoms with Crippen LogP contribution >= 0.6 is 0 Å². The van der Waals surface area contributed by atoms with E-state index < -0.39 is 17.7 Å². The summed E-state index contributed by atoms with van der Waals surface area (Å²) in [5, 5.41) is 9.76. The van der Waals surface area contributed by atoms with Gasteiger partial charge in [-0.25, -0.2) is 8.78 Å². The molecule has 2 rings (SSSR count). The molecule has 0 radical (unpaired) electrons. The highest BCUT2D eigenvalue weighted by molar-refractivity contribution is 5.23. The highest BCUT2D eigenvalue weighted by Gasteiger charge is 2.24. The summed E-state index contributed by atoms with van der Waals surface area (Å²) in [5.74, 6) is -1.27. The standard InChI is InChI=1S/C12H14F2O3/c13-9-3-10(14)5-11(4-9)17-7-12(15)8-1-2-16-6-8/h3-5,8,12,15H,1-2,6-7H2. The van der Waals surface area contributed by atoms with Crippen molar-refractivity contribution >= 4 is 0 Å². The maximum atomic E-state index is 12.9. The van der Waals surface area contributed by atoms with Crippen LogP contribution in [0.1, 0.15) is 6.42 Å². The molecule has 1 fully saturated rings. The second kappa shape index (κ2) is 5.42. The Morgan fingerprint density at radius 2 is 2.06 bits per heavy atom. The highest BCUT2D eigenvalue weighted by Crippen LogP contribution is 2.19. The molecular formula is C12H14F2O3. The molecule has 0 aromatic heterocycles. The maximum absolute atomic E-state index is 12.9. The zero-order chi connectivity index (χ0) is 12.3. The Hall–Kier alpha value is -1.20. The number of aliphatic hydroxyl groups is 1. The molecule has 1 saturated heterocycles. The summed E-state index contributed by atoms with van der Waals surface area (Å²) in [6.45, 7) is 1.15. The summed E-state index contributed by atoms with van der Waals surface area (Å²) in [6.07, 6.45) is 0.103. The molecule has 3 nitrogen and oxygen atoms in total. The largest absolute Gasteiger partial charge is 0.491 e. The summed E-state index contributed by atoms with van der Waals surface area (Å²) >= 11 is 0. The van der Waals surface area contributed by atoms with Crippen molar-refractivity contribution in [3.63, 3.8) is 0 Å². The predicted molar refractivity (Wildman–Crippen MR) is 56.8 cm³/mol. The Bertz CT molecular complexity index is 358. The SMILES string of the molecule is OC(COc1cc(F)cc(F)c1)C1CCOC1. The fraction of sp³-hybridized carbons (Fsp3) is 0.500. The fourth-order valence-electron chi connectivity index (χ4n) is 1.79. The first-order chi connectivity index (χ1) is 8.15. The molecule has 17 heavy (non-hydrogen) atoms. The molecule has 94 valence electrons. The van der Waals surface area contributed by atoms with Gasteiger partial charge in [0.1, 0.15) is 24.0 Å². The molecule has 1 aliphatic rings. The molecule has 0 spiro atoms. The maximum Gasteiger partial charge on any atom is 0.129 e. The van der Waals surface area contributed by atoms with E-state index >= 15 is 0 Å². The van der Waals surface area contributed by atoms with Gasteiger partial charge in [-0.3, -0.25) is 0 Å². The minimum atomic E-state index is -0.696. The van der Waals surface area contributed by atoms with E-state index in [-0.39, 0.29) is 18.3 Å². The number of hydrogen-bond acceptors (Lipinski definition) is 3. The van der Waals surface area contributed by atoms with Crippen LogP contribution in [0.4, 0.5) is 8.78 Å². The molecule has 0 amide bonds. The molecule has 1 heterocycles. The van der Waals surface area contributed by atoms with Gasteiger partial charge in [0.25, 0.3) is 0 Å². The van der Waals surface area contributed by atoms with Crippen LogP contribution in [0.2, 0.25) is 0 Å². The lowest BCUT2D eigenvalue weighted by Crippen LogP contribution is -2.27. The summed E-state index contributed by atoms with van der Waals surface area (Å²) in [5.41, 5.74) is 0. The van der Waals surface area contributed by atoms with Gasteiger partial charge < -0.3 is 14.6 Å². The van der Waals surface area contributed by atoms with Crippen LogP contribution in [0.3, 0.4) is 0 Å². The van der Waals surface area contributed by atoms with E-state index in [1.807, 2.05) is 0 Å². The zero-order valence-electron chi connectivity index (χ0n) is 9.23. The number of ether oxygens (including phenoxy) is 2. The number of rotatable bonds is 4. The van der Waals surface area contributed by atoms with Crippen molar-refractivity contribution in [2.24, 2.45) is 5.92 Å². The van der Waals surface area contributed by atoms with Crippen molar-refractivity contribution in [1.29, 1.82) is 0 Å². The molecule has 0 aliphatic carbocycles. The molecule has 1 aromatic carbocycles. The lowest BCUT2D eigenvalue weighted by molar-refractivity contribution is 0.0497. The third kappa shape index (κ3) is 3.38. The fourth-order valence-corrected chi connectivity index (χ4v) is 1.79. The van der Waals surface area contributed by atoms with Gasteiger partial charge in [0, 0.05) is 30.7 Å². The summed E-state index contributed by atoms with van der Waals surface area (Å²) in [7, 11) is 0. The van der Waals surface area contributed by atoms with Crippen LogP contribution in [-0.4, -0.2) is 31.0 Å². The third-order valence-electron chi connectivity index (χ3n) is 2.77. The van der Waals surface area contributed by atoms with Gasteiger partial charge in [-0.2, -0.15) is 0 Å². The van der Waals surface area contributed by atoms with Crippen LogP contribution < -0.4 is 4.74 Å². The molecule has 1 aliphatic heterocycles. The van der Waals surface area contributed by atoms with Gasteiger partial charge in [0.05, 0.1) is 12.7 Å². The Morgan fingerprint density at radius 1 is 1.35 bits per heavy atom. The molecule has 0 bridgehead atoms. The van der Waals surface area contributed by atoms with Gasteiger partial charge in [-0.15, -0.1) is 0 Å². The molecular weight excluding hydrogens is 230 g/mol. The summed E-state index contributed by atoms with van der Waals surface area (Å²) in [4.78, 5) is 0. The molecule has 1 aromatic rings. The smallest absolute Gasteiger partial charge is 0.129 e. The first kappa shape index (κ1) is 12.3. The highest BCUT2D eigenvalue weighted by atomic mass is 19.1. The monoisotopic (exact) mass is 244 g/mol. The van der Waals surface area contributed by atoms with Crippen molar-refractivity contribution in [2.75, 3.05) is 19.8 Å². The Kier molecular flexibility index (Phi) is 3.91. The Balaban J connectivity index is 1.88. The minimum Gasteiger partial charge on any atom is -0.491 e. The molecule has 1 N–H and O–H groups in total. The predicted octanol–water partition coefficient (Wildman–Crippen LogP) is 1.74. The van der Waals surface area contributed by atoms with Crippen LogP contribution in [-0.2, 0) is 4.74 Å². The van der Waals surface area contributed by atoms with Crippen molar-refractivity contribution in [3.05, 3.63) is 29.8 Å². The molecule has 2 atom stereocenters. The molecule has 0 saturated carbocycles. The van der Waals surface area contributed by atoms with Crippen LogP contribution in [0.25, 0.3) is 0 Å². The van der Waals surface area contributed by atoms with Gasteiger partial charge in [-0.05, 0) is 6.42 Å². The quantitative estimate of drug-likeness (QED) is 0.876. The van der Waals surface area contributed by atoms with E-state index in [1.54, 1.807) is 0 Å². The number of halogens is 2. The van der Waals surface area contributed by atoms with E-state index in [1.165, 1.54) is 0 Å². The lowest BCUT2D eigenvalue weighted by Gasteiger charge is -2.17. The van der Waals surface area contributed by atoms with Crippen molar-refractivity contribution in [3.8, 4) is 5.75 Å². The first-order valence-electron chi connectivity index (χ1n) is 5.50. The second-order valence-electron chi connectivity index (χ2n) is 4.11. The third-order valence-corrected chi connectivity index (χ3v) is 2.77. The van der Waals surface area contributed by atoms with Crippen molar-refractivity contribution in [1.82, 2.24) is 0 Å². The topological polar surface area (TPSA) is 38.7 Å². The number of aliphatic hydroxyl groups excluding tert-OH is 1. The second-order valence-corrected chi connectivity index (χ2v) is 4.11. The average molecular weight is 244 g/mol. The zero-order valence-corrected chi connectivity index (χ0v) is 9.23. The lowest BCUT2D eigenvalue weighted by atomic mass is 10.0. The van der Waals surface area contributed by atoms with Crippen LogP contribution in [0, 0.1) is 17.6 Å². The van der Waals surface area contributed by atoms with E-state index in [9.17, 15) is 13.9 Å². The normalized spacial score (nSPS) is 21.5. The number of benzene rings is 1. The van der Waals surface area contributed by atoms with Crippen molar-refractivity contribution in [2.45, 2.75) is 12.5 Å². The van der Waals surface area contributed by atoms with E-state index in [0.29, 0.717) is 13.2 Å². The van der Waals surface area contributed by atoms with Gasteiger partial charge >= 0.3 is 0 Å².